The van der Waals surface area contributed by atoms with Crippen LogP contribution in [0.2, 0.25) is 0 Å². The van der Waals surface area contributed by atoms with Gasteiger partial charge in [0.1, 0.15) is 5.78 Å². The van der Waals surface area contributed by atoms with Gasteiger partial charge in [-0.1, -0.05) is 6.92 Å². The maximum absolute atomic E-state index is 10.5. The van der Waals surface area contributed by atoms with Crippen LogP contribution in [0, 0.1) is 0 Å². The van der Waals surface area contributed by atoms with Crippen molar-refractivity contribution in [1.82, 2.24) is 5.32 Å². The van der Waals surface area contributed by atoms with Crippen LogP contribution in [0.4, 0.5) is 0 Å². The van der Waals surface area contributed by atoms with E-state index in [9.17, 15) is 9.59 Å². The van der Waals surface area contributed by atoms with E-state index in [0.29, 0.717) is 6.42 Å². The molecule has 1 N–H and O–H groups in total. The van der Waals surface area contributed by atoms with E-state index in [-0.39, 0.29) is 18.1 Å². The number of Topliss-reactive ketones (excluding diaryl/α,β-unsaturated/α-hetero) is 1. The average molecular weight is 129 g/mol. The summed E-state index contributed by atoms with van der Waals surface area (Å²) < 4.78 is 0. The summed E-state index contributed by atoms with van der Waals surface area (Å²) in [6.45, 7) is 1.74. The first-order valence-electron chi connectivity index (χ1n) is 2.93. The van der Waals surface area contributed by atoms with Crippen molar-refractivity contribution in [3.05, 3.63) is 0 Å². The van der Waals surface area contributed by atoms with Crippen molar-refractivity contribution in [2.45, 2.75) is 19.8 Å². The molecule has 0 saturated heterocycles. The molecule has 0 rings (SSSR count). The standard InChI is InChI=1S/C6H11NO2/c1-3-5(8)4-6(9)7-2/h3-4H2,1-2H3,(H,7,9). The summed E-state index contributed by atoms with van der Waals surface area (Å²) in [5.41, 5.74) is 0. The van der Waals surface area contributed by atoms with Crippen molar-refractivity contribution in [3.8, 4) is 0 Å². The van der Waals surface area contributed by atoms with Crippen LogP contribution in [0.25, 0.3) is 0 Å². The number of nitrogens with one attached hydrogen (secondary N) is 1. The minimum absolute atomic E-state index is 0.0191. The molecule has 0 saturated carbocycles. The summed E-state index contributed by atoms with van der Waals surface area (Å²) in [6, 6.07) is 0. The Hall–Kier alpha value is -0.860. The Morgan fingerprint density at radius 2 is 2.00 bits per heavy atom. The summed E-state index contributed by atoms with van der Waals surface area (Å²) in [6.07, 6.45) is 0.459. The number of rotatable bonds is 3. The third-order valence-corrected chi connectivity index (χ3v) is 1.03. The van der Waals surface area contributed by atoms with E-state index >= 15 is 0 Å². The van der Waals surface area contributed by atoms with Gasteiger partial charge in [-0.15, -0.1) is 0 Å². The van der Waals surface area contributed by atoms with Gasteiger partial charge in [-0.25, -0.2) is 0 Å². The van der Waals surface area contributed by atoms with Gasteiger partial charge in [0.2, 0.25) is 5.91 Å². The van der Waals surface area contributed by atoms with Crippen molar-refractivity contribution >= 4 is 11.7 Å². The molecule has 0 aliphatic rings. The van der Waals surface area contributed by atoms with E-state index in [1.54, 1.807) is 6.92 Å². The van der Waals surface area contributed by atoms with Gasteiger partial charge in [-0.05, 0) is 0 Å². The molecular formula is C6H11NO2. The van der Waals surface area contributed by atoms with E-state index in [1.807, 2.05) is 0 Å². The summed E-state index contributed by atoms with van der Waals surface area (Å²) in [4.78, 5) is 21.0. The fourth-order valence-corrected chi connectivity index (χ4v) is 0.392. The summed E-state index contributed by atoms with van der Waals surface area (Å²) >= 11 is 0. The maximum atomic E-state index is 10.5. The molecule has 52 valence electrons. The lowest BCUT2D eigenvalue weighted by molar-refractivity contribution is -0.127. The summed E-state index contributed by atoms with van der Waals surface area (Å²) in [5.74, 6) is -0.226. The Balaban J connectivity index is 3.47. The first-order valence-corrected chi connectivity index (χ1v) is 2.93. The van der Waals surface area contributed by atoms with E-state index in [1.165, 1.54) is 7.05 Å². The second-order valence-electron chi connectivity index (χ2n) is 1.74. The molecule has 0 aromatic rings. The van der Waals surface area contributed by atoms with Crippen LogP contribution in [0.1, 0.15) is 19.8 Å². The molecule has 0 aliphatic carbocycles. The van der Waals surface area contributed by atoms with Gasteiger partial charge in [-0.3, -0.25) is 9.59 Å². The molecule has 0 radical (unpaired) electrons. The monoisotopic (exact) mass is 129 g/mol. The highest BCUT2D eigenvalue weighted by molar-refractivity contribution is 5.97. The molecule has 0 fully saturated rings. The normalized spacial score (nSPS) is 8.67. The Labute approximate surface area is 54.4 Å². The van der Waals surface area contributed by atoms with E-state index in [4.69, 9.17) is 0 Å². The van der Waals surface area contributed by atoms with Gasteiger partial charge in [0.15, 0.2) is 0 Å². The zero-order chi connectivity index (χ0) is 7.28. The molecule has 3 nitrogen and oxygen atoms in total. The van der Waals surface area contributed by atoms with Crippen LogP contribution in [0.3, 0.4) is 0 Å². The molecule has 0 spiro atoms. The third kappa shape index (κ3) is 3.70. The first-order chi connectivity index (χ1) is 4.20. The highest BCUT2D eigenvalue weighted by atomic mass is 16.2. The maximum Gasteiger partial charge on any atom is 0.227 e. The zero-order valence-electron chi connectivity index (χ0n) is 5.73. The minimum atomic E-state index is -0.207. The number of hydrogen-bond donors (Lipinski definition) is 1. The van der Waals surface area contributed by atoms with Crippen molar-refractivity contribution in [3.63, 3.8) is 0 Å². The van der Waals surface area contributed by atoms with Crippen molar-refractivity contribution in [1.29, 1.82) is 0 Å². The fourth-order valence-electron chi connectivity index (χ4n) is 0.392. The molecule has 0 heterocycles. The predicted molar refractivity (Wildman–Crippen MR) is 34.0 cm³/mol. The van der Waals surface area contributed by atoms with Crippen molar-refractivity contribution in [2.75, 3.05) is 7.05 Å². The molecular weight excluding hydrogens is 118 g/mol. The van der Waals surface area contributed by atoms with Gasteiger partial charge in [0.05, 0.1) is 6.42 Å². The number of ketones is 1. The van der Waals surface area contributed by atoms with Gasteiger partial charge in [0.25, 0.3) is 0 Å². The Kier molecular flexibility index (Phi) is 3.67. The summed E-state index contributed by atoms with van der Waals surface area (Å²) in [5, 5.41) is 2.37. The van der Waals surface area contributed by atoms with Gasteiger partial charge in [0, 0.05) is 13.5 Å². The average Bonchev–Trinajstić information content (AvgIpc) is 1.87. The molecule has 1 amide bonds. The largest absolute Gasteiger partial charge is 0.359 e. The van der Waals surface area contributed by atoms with Crippen LogP contribution in [-0.2, 0) is 9.59 Å². The topological polar surface area (TPSA) is 46.2 Å². The van der Waals surface area contributed by atoms with Crippen molar-refractivity contribution in [2.24, 2.45) is 0 Å². The molecule has 0 aromatic heterocycles. The van der Waals surface area contributed by atoms with Crippen molar-refractivity contribution < 1.29 is 9.59 Å². The second kappa shape index (κ2) is 4.06. The molecule has 9 heavy (non-hydrogen) atoms. The molecule has 0 bridgehead atoms. The minimum Gasteiger partial charge on any atom is -0.359 e. The van der Waals surface area contributed by atoms with Crippen LogP contribution in [-0.4, -0.2) is 18.7 Å². The number of carbonyl (C=O) groups excluding carboxylic acids is 2. The SMILES string of the molecule is CCC(=O)CC(=O)NC. The van der Waals surface area contributed by atoms with Crippen LogP contribution >= 0.6 is 0 Å². The quantitative estimate of drug-likeness (QED) is 0.549. The van der Waals surface area contributed by atoms with E-state index in [0.717, 1.165) is 0 Å². The van der Waals surface area contributed by atoms with Crippen LogP contribution in [0.5, 0.6) is 0 Å². The lowest BCUT2D eigenvalue weighted by Crippen LogP contribution is -2.20. The van der Waals surface area contributed by atoms with Gasteiger partial charge < -0.3 is 5.32 Å². The van der Waals surface area contributed by atoms with Crippen LogP contribution < -0.4 is 5.32 Å². The smallest absolute Gasteiger partial charge is 0.227 e. The number of amides is 1. The van der Waals surface area contributed by atoms with E-state index in [2.05, 4.69) is 5.32 Å². The lowest BCUT2D eigenvalue weighted by atomic mass is 10.2. The molecule has 3 heteroatoms. The number of hydrogen-bond acceptors (Lipinski definition) is 2. The van der Waals surface area contributed by atoms with Gasteiger partial charge in [-0.2, -0.15) is 0 Å². The highest BCUT2D eigenvalue weighted by Gasteiger charge is 2.03. The zero-order valence-corrected chi connectivity index (χ0v) is 5.73. The summed E-state index contributed by atoms with van der Waals surface area (Å²) in [7, 11) is 1.52. The fraction of sp³-hybridized carbons (Fsp3) is 0.667. The highest BCUT2D eigenvalue weighted by Crippen LogP contribution is 1.86. The van der Waals surface area contributed by atoms with Crippen LogP contribution in [0.15, 0.2) is 0 Å². The van der Waals surface area contributed by atoms with E-state index < -0.39 is 0 Å². The number of carbonyl (C=O) groups is 2. The third-order valence-electron chi connectivity index (χ3n) is 1.03. The molecule has 0 atom stereocenters. The Morgan fingerprint density at radius 1 is 1.44 bits per heavy atom. The molecule has 0 aliphatic heterocycles. The molecule has 0 unspecified atom stereocenters. The molecule has 0 aromatic carbocycles. The Bertz CT molecular complexity index is 106. The first kappa shape index (κ1) is 8.14. The van der Waals surface area contributed by atoms with Gasteiger partial charge >= 0.3 is 0 Å². The predicted octanol–water partition coefficient (Wildman–Crippen LogP) is 0.102. The lowest BCUT2D eigenvalue weighted by Gasteiger charge is -1.94. The Morgan fingerprint density at radius 3 is 2.33 bits per heavy atom. The second-order valence-corrected chi connectivity index (χ2v) is 1.74.